The van der Waals surface area contributed by atoms with Crippen LogP contribution in [0.3, 0.4) is 0 Å². The largest absolute Gasteiger partial charge is 0.490 e. The molecule has 1 fully saturated rings. The summed E-state index contributed by atoms with van der Waals surface area (Å²) in [5, 5.41) is 0. The molecular formula is C18H24N4O2. The number of nitrogens with zero attached hydrogens (tertiary/aromatic N) is 4. The Kier molecular flexibility index (Phi) is 4.49. The van der Waals surface area contributed by atoms with Gasteiger partial charge in [-0.2, -0.15) is 0 Å². The number of aromatic nitrogens is 3. The number of fused-ring (bicyclic) bond motifs is 1. The molecule has 0 aromatic carbocycles. The molecule has 0 amide bonds. The van der Waals surface area contributed by atoms with Crippen LogP contribution in [0, 0.1) is 6.92 Å². The van der Waals surface area contributed by atoms with Crippen LogP contribution in [0.4, 0.5) is 0 Å². The summed E-state index contributed by atoms with van der Waals surface area (Å²) in [5.41, 5.74) is 2.41. The van der Waals surface area contributed by atoms with Crippen molar-refractivity contribution in [3.05, 3.63) is 41.7 Å². The number of ether oxygens (including phenoxy) is 2. The lowest BCUT2D eigenvalue weighted by Crippen LogP contribution is -2.38. The summed E-state index contributed by atoms with van der Waals surface area (Å²) in [7, 11) is 0. The first kappa shape index (κ1) is 15.6. The molecule has 1 saturated heterocycles. The zero-order chi connectivity index (χ0) is 16.4. The molecule has 128 valence electrons. The number of hydrogen-bond donors (Lipinski definition) is 0. The molecule has 0 atom stereocenters. The number of piperidine rings is 1. The van der Waals surface area contributed by atoms with E-state index < -0.39 is 0 Å². The predicted octanol–water partition coefficient (Wildman–Crippen LogP) is 2.16. The fourth-order valence-corrected chi connectivity index (χ4v) is 3.47. The van der Waals surface area contributed by atoms with Gasteiger partial charge in [-0.25, -0.2) is 4.98 Å². The van der Waals surface area contributed by atoms with Gasteiger partial charge in [0.2, 0.25) is 0 Å². The smallest absolute Gasteiger partial charge is 0.135 e. The van der Waals surface area contributed by atoms with E-state index in [1.807, 2.05) is 25.4 Å². The van der Waals surface area contributed by atoms with Crippen LogP contribution in [0.5, 0.6) is 5.75 Å². The predicted molar refractivity (Wildman–Crippen MR) is 89.8 cm³/mol. The van der Waals surface area contributed by atoms with Gasteiger partial charge in [0, 0.05) is 50.3 Å². The van der Waals surface area contributed by atoms with E-state index in [-0.39, 0.29) is 0 Å². The van der Waals surface area contributed by atoms with Crippen LogP contribution in [0.25, 0.3) is 0 Å². The second kappa shape index (κ2) is 6.91. The van der Waals surface area contributed by atoms with Crippen LogP contribution in [-0.4, -0.2) is 45.2 Å². The van der Waals surface area contributed by atoms with Gasteiger partial charge in [0.1, 0.15) is 24.3 Å². The average molecular weight is 328 g/mol. The van der Waals surface area contributed by atoms with Crippen molar-refractivity contribution >= 4 is 0 Å². The average Bonchev–Trinajstić information content (AvgIpc) is 3.02. The van der Waals surface area contributed by atoms with E-state index in [0.717, 1.165) is 62.8 Å². The van der Waals surface area contributed by atoms with E-state index >= 15 is 0 Å². The van der Waals surface area contributed by atoms with Crippen molar-refractivity contribution in [2.24, 2.45) is 0 Å². The number of hydrogen-bond acceptors (Lipinski definition) is 5. The first-order valence-corrected chi connectivity index (χ1v) is 8.70. The van der Waals surface area contributed by atoms with Gasteiger partial charge < -0.3 is 14.0 Å². The van der Waals surface area contributed by atoms with Crippen LogP contribution >= 0.6 is 0 Å². The third-order valence-electron chi connectivity index (χ3n) is 4.89. The third kappa shape index (κ3) is 3.30. The quantitative estimate of drug-likeness (QED) is 0.861. The van der Waals surface area contributed by atoms with Gasteiger partial charge in [-0.15, -0.1) is 0 Å². The van der Waals surface area contributed by atoms with E-state index in [1.54, 1.807) is 6.20 Å². The molecule has 0 aliphatic carbocycles. The molecule has 6 nitrogen and oxygen atoms in total. The SMILES string of the molecule is Cc1cnccc1OC1CCN(Cc2cnc3n2CCOC3)CC1. The zero-order valence-corrected chi connectivity index (χ0v) is 14.1. The summed E-state index contributed by atoms with van der Waals surface area (Å²) in [6.07, 6.45) is 8.08. The highest BCUT2D eigenvalue weighted by molar-refractivity contribution is 5.28. The molecule has 0 unspecified atom stereocenters. The number of likely N-dealkylation sites (tertiary alicyclic amines) is 1. The minimum absolute atomic E-state index is 0.301. The maximum atomic E-state index is 6.16. The van der Waals surface area contributed by atoms with E-state index in [1.165, 1.54) is 5.69 Å². The Morgan fingerprint density at radius 1 is 1.25 bits per heavy atom. The van der Waals surface area contributed by atoms with Crippen molar-refractivity contribution in [1.29, 1.82) is 0 Å². The summed E-state index contributed by atoms with van der Waals surface area (Å²) in [4.78, 5) is 11.1. The zero-order valence-electron chi connectivity index (χ0n) is 14.1. The first-order valence-electron chi connectivity index (χ1n) is 8.70. The van der Waals surface area contributed by atoms with Gasteiger partial charge in [0.05, 0.1) is 12.3 Å². The van der Waals surface area contributed by atoms with E-state index in [4.69, 9.17) is 9.47 Å². The molecule has 0 N–H and O–H groups in total. The summed E-state index contributed by atoms with van der Waals surface area (Å²) in [6.45, 7) is 7.49. The summed E-state index contributed by atoms with van der Waals surface area (Å²) >= 11 is 0. The number of rotatable bonds is 4. The second-order valence-corrected chi connectivity index (χ2v) is 6.60. The topological polar surface area (TPSA) is 52.4 Å². The minimum Gasteiger partial charge on any atom is -0.490 e. The Balaban J connectivity index is 1.32. The monoisotopic (exact) mass is 328 g/mol. The molecule has 2 aliphatic heterocycles. The lowest BCUT2D eigenvalue weighted by Gasteiger charge is -2.32. The van der Waals surface area contributed by atoms with Gasteiger partial charge in [0.15, 0.2) is 0 Å². The highest BCUT2D eigenvalue weighted by Crippen LogP contribution is 2.23. The maximum absolute atomic E-state index is 6.16. The molecule has 0 saturated carbocycles. The lowest BCUT2D eigenvalue weighted by atomic mass is 10.1. The number of imidazole rings is 1. The lowest BCUT2D eigenvalue weighted by molar-refractivity contribution is 0.0760. The molecule has 0 radical (unpaired) electrons. The van der Waals surface area contributed by atoms with Crippen molar-refractivity contribution in [2.45, 2.75) is 45.6 Å². The molecule has 2 aliphatic rings. The van der Waals surface area contributed by atoms with Gasteiger partial charge in [-0.05, 0) is 25.8 Å². The highest BCUT2D eigenvalue weighted by Gasteiger charge is 2.23. The Hall–Kier alpha value is -1.92. The van der Waals surface area contributed by atoms with E-state index in [9.17, 15) is 0 Å². The van der Waals surface area contributed by atoms with Crippen molar-refractivity contribution in [3.63, 3.8) is 0 Å². The molecular weight excluding hydrogens is 304 g/mol. The Morgan fingerprint density at radius 2 is 2.12 bits per heavy atom. The van der Waals surface area contributed by atoms with Crippen molar-refractivity contribution in [1.82, 2.24) is 19.4 Å². The fraction of sp³-hybridized carbons (Fsp3) is 0.556. The normalized spacial score (nSPS) is 19.2. The summed E-state index contributed by atoms with van der Waals surface area (Å²) in [5.74, 6) is 2.02. The third-order valence-corrected chi connectivity index (χ3v) is 4.89. The molecule has 4 rings (SSSR count). The van der Waals surface area contributed by atoms with Crippen LogP contribution < -0.4 is 4.74 Å². The standard InChI is InChI=1S/C18H24N4O2/c1-14-10-19-5-2-17(14)24-16-3-6-21(7-4-16)12-15-11-20-18-13-23-9-8-22(15)18/h2,5,10-11,16H,3-4,6-9,12-13H2,1H3. The maximum Gasteiger partial charge on any atom is 0.135 e. The molecule has 2 aromatic rings. The van der Waals surface area contributed by atoms with Crippen molar-refractivity contribution in [3.8, 4) is 5.75 Å². The van der Waals surface area contributed by atoms with Crippen molar-refractivity contribution < 1.29 is 9.47 Å². The molecule has 0 bridgehead atoms. The van der Waals surface area contributed by atoms with E-state index in [0.29, 0.717) is 12.7 Å². The van der Waals surface area contributed by atoms with E-state index in [2.05, 4.69) is 19.4 Å². The van der Waals surface area contributed by atoms with Crippen LogP contribution in [-0.2, 0) is 24.4 Å². The van der Waals surface area contributed by atoms with Crippen LogP contribution in [0.1, 0.15) is 29.9 Å². The minimum atomic E-state index is 0.301. The molecule has 24 heavy (non-hydrogen) atoms. The summed E-state index contributed by atoms with van der Waals surface area (Å²) in [6, 6.07) is 1.96. The van der Waals surface area contributed by atoms with Gasteiger partial charge in [-0.1, -0.05) is 0 Å². The molecule has 2 aromatic heterocycles. The number of aryl methyl sites for hydroxylation is 1. The van der Waals surface area contributed by atoms with Gasteiger partial charge >= 0.3 is 0 Å². The Morgan fingerprint density at radius 3 is 2.96 bits per heavy atom. The van der Waals surface area contributed by atoms with Crippen molar-refractivity contribution in [2.75, 3.05) is 19.7 Å². The Bertz CT molecular complexity index is 692. The van der Waals surface area contributed by atoms with Gasteiger partial charge in [0.25, 0.3) is 0 Å². The number of pyridine rings is 1. The summed E-state index contributed by atoms with van der Waals surface area (Å²) < 4.78 is 13.9. The molecule has 4 heterocycles. The van der Waals surface area contributed by atoms with Gasteiger partial charge in [-0.3, -0.25) is 9.88 Å². The molecule has 0 spiro atoms. The Labute approximate surface area is 142 Å². The fourth-order valence-electron chi connectivity index (χ4n) is 3.47. The second-order valence-electron chi connectivity index (χ2n) is 6.60. The molecule has 6 heteroatoms. The van der Waals surface area contributed by atoms with Crippen LogP contribution in [0.2, 0.25) is 0 Å². The first-order chi connectivity index (χ1) is 11.8. The van der Waals surface area contributed by atoms with Crippen LogP contribution in [0.15, 0.2) is 24.7 Å². The highest BCUT2D eigenvalue weighted by atomic mass is 16.5.